The SMILES string of the molecule is C[C@H](OCC[Si](C)(C)C)c1ccc2[nH]ncc2c1N1CCc2c(nc(OCCCN3CCOCC3)nc2N2CCN(C(=O)OC(C)(C)C)CC2)C1. The number of morpholine rings is 1. The maximum absolute atomic E-state index is 12.8. The second-order valence-corrected chi connectivity index (χ2v) is 21.8. The molecule has 0 saturated carbocycles. The molecule has 3 aliphatic rings. The number of piperazine rings is 1. The van der Waals surface area contributed by atoms with Gasteiger partial charge in [0.05, 0.1) is 55.6 Å². The average molecular weight is 723 g/mol. The first-order valence-electron chi connectivity index (χ1n) is 18.7. The summed E-state index contributed by atoms with van der Waals surface area (Å²) in [5.41, 5.74) is 4.91. The Bertz CT molecular complexity index is 1630. The molecule has 0 aliphatic carbocycles. The summed E-state index contributed by atoms with van der Waals surface area (Å²) in [7, 11) is -1.22. The first-order chi connectivity index (χ1) is 24.3. The number of rotatable bonds is 12. The molecule has 0 radical (unpaired) electrons. The lowest BCUT2D eigenvalue weighted by Crippen LogP contribution is -2.50. The monoisotopic (exact) mass is 722 g/mol. The number of nitrogens with zero attached hydrogens (tertiary/aromatic N) is 7. The molecule has 13 nitrogen and oxygen atoms in total. The second-order valence-electron chi connectivity index (χ2n) is 16.2. The lowest BCUT2D eigenvalue weighted by atomic mass is 9.99. The summed E-state index contributed by atoms with van der Waals surface area (Å²) in [5.74, 6) is 0.913. The molecule has 1 atom stereocenters. The van der Waals surface area contributed by atoms with Gasteiger partial charge in [-0.25, -0.2) is 4.79 Å². The Morgan fingerprint density at radius 3 is 2.49 bits per heavy atom. The van der Waals surface area contributed by atoms with Crippen molar-refractivity contribution in [3.05, 3.63) is 35.2 Å². The highest BCUT2D eigenvalue weighted by Gasteiger charge is 2.32. The van der Waals surface area contributed by atoms with Crippen LogP contribution < -0.4 is 14.5 Å². The van der Waals surface area contributed by atoms with Crippen molar-refractivity contribution in [1.29, 1.82) is 0 Å². The maximum atomic E-state index is 12.8. The highest BCUT2D eigenvalue weighted by molar-refractivity contribution is 6.76. The molecule has 14 heteroatoms. The van der Waals surface area contributed by atoms with E-state index in [2.05, 4.69) is 63.6 Å². The minimum Gasteiger partial charge on any atom is -0.463 e. The van der Waals surface area contributed by atoms with Gasteiger partial charge >= 0.3 is 12.1 Å². The quantitative estimate of drug-likeness (QED) is 0.189. The molecule has 2 fully saturated rings. The number of nitrogens with one attached hydrogen (secondary N) is 1. The highest BCUT2D eigenvalue weighted by atomic mass is 28.3. The van der Waals surface area contributed by atoms with E-state index in [0.717, 1.165) is 104 Å². The van der Waals surface area contributed by atoms with Crippen LogP contribution >= 0.6 is 0 Å². The molecule has 2 saturated heterocycles. The van der Waals surface area contributed by atoms with Gasteiger partial charge in [-0.2, -0.15) is 15.1 Å². The molecule has 0 bridgehead atoms. The smallest absolute Gasteiger partial charge is 0.410 e. The molecule has 1 N–H and O–H groups in total. The van der Waals surface area contributed by atoms with Gasteiger partial charge < -0.3 is 33.6 Å². The van der Waals surface area contributed by atoms with E-state index in [9.17, 15) is 4.79 Å². The number of fused-ring (bicyclic) bond motifs is 2. The van der Waals surface area contributed by atoms with Crippen LogP contribution in [0.1, 0.15) is 57.0 Å². The van der Waals surface area contributed by atoms with Crippen LogP contribution in [0.15, 0.2) is 18.3 Å². The first kappa shape index (κ1) is 37.3. The van der Waals surface area contributed by atoms with Crippen molar-refractivity contribution in [3.8, 4) is 6.01 Å². The molecule has 0 spiro atoms. The Morgan fingerprint density at radius 2 is 1.76 bits per heavy atom. The van der Waals surface area contributed by atoms with Crippen molar-refractivity contribution in [2.75, 3.05) is 88.6 Å². The molecule has 0 unspecified atom stereocenters. The number of hydrogen-bond donors (Lipinski definition) is 1. The number of hydrogen-bond acceptors (Lipinski definition) is 11. The third-order valence-corrected chi connectivity index (χ3v) is 11.5. The molecule has 5 heterocycles. The van der Waals surface area contributed by atoms with E-state index in [1.807, 2.05) is 27.0 Å². The maximum Gasteiger partial charge on any atom is 0.410 e. The van der Waals surface area contributed by atoms with Crippen molar-refractivity contribution >= 4 is 36.6 Å². The molecule has 51 heavy (non-hydrogen) atoms. The number of carbonyl (C=O) groups excluding carboxylic acids is 1. The van der Waals surface area contributed by atoms with Gasteiger partial charge in [0.25, 0.3) is 0 Å². The Kier molecular flexibility index (Phi) is 11.7. The van der Waals surface area contributed by atoms with Crippen LogP contribution in [0.2, 0.25) is 25.7 Å². The minimum atomic E-state index is -1.22. The van der Waals surface area contributed by atoms with Gasteiger partial charge in [0.1, 0.15) is 11.4 Å². The summed E-state index contributed by atoms with van der Waals surface area (Å²) in [6, 6.07) is 5.83. The highest BCUT2D eigenvalue weighted by Crippen LogP contribution is 2.39. The third kappa shape index (κ3) is 9.70. The van der Waals surface area contributed by atoms with E-state index in [0.29, 0.717) is 45.3 Å². The van der Waals surface area contributed by atoms with Crippen LogP contribution in [0.25, 0.3) is 10.9 Å². The standard InChI is InChI=1S/C37H58N8O5Si/c1-27(48-23-24-51(5,6)7)28-9-10-31-30(25-38-41-31)33(28)45-13-11-29-32(26-45)39-35(49-20-8-12-42-18-21-47-22-19-42)40-34(29)43-14-16-44(17-15-43)36(46)50-37(2,3)4/h9-10,25,27H,8,11-24,26H2,1-7H3,(H,38,41)/t27-/m0/s1. The van der Waals surface area contributed by atoms with E-state index in [4.69, 9.17) is 28.9 Å². The summed E-state index contributed by atoms with van der Waals surface area (Å²) in [4.78, 5) is 31.9. The van der Waals surface area contributed by atoms with Crippen LogP contribution in [-0.4, -0.2) is 129 Å². The number of H-pyrrole nitrogens is 1. The Balaban J connectivity index is 1.24. The normalized spacial score (nSPS) is 18.2. The summed E-state index contributed by atoms with van der Waals surface area (Å²) >= 11 is 0. The van der Waals surface area contributed by atoms with Gasteiger partial charge in [-0.3, -0.25) is 10.00 Å². The van der Waals surface area contributed by atoms with Crippen molar-refractivity contribution in [2.24, 2.45) is 0 Å². The van der Waals surface area contributed by atoms with E-state index in [1.165, 1.54) is 0 Å². The number of aromatic nitrogens is 4. The zero-order valence-electron chi connectivity index (χ0n) is 31.8. The Hall–Kier alpha value is -3.46. The number of carbonyl (C=O) groups is 1. The van der Waals surface area contributed by atoms with Crippen LogP contribution in [0.5, 0.6) is 6.01 Å². The van der Waals surface area contributed by atoms with Crippen LogP contribution in [0, 0.1) is 0 Å². The number of anilines is 2. The van der Waals surface area contributed by atoms with Crippen LogP contribution in [0.4, 0.5) is 16.3 Å². The lowest BCUT2D eigenvalue weighted by molar-refractivity contribution is 0.0240. The van der Waals surface area contributed by atoms with Crippen molar-refractivity contribution < 1.29 is 23.7 Å². The predicted octanol–water partition coefficient (Wildman–Crippen LogP) is 5.49. The van der Waals surface area contributed by atoms with Gasteiger partial charge in [0, 0.05) is 83.6 Å². The van der Waals surface area contributed by atoms with Gasteiger partial charge in [0.2, 0.25) is 0 Å². The van der Waals surface area contributed by atoms with Crippen LogP contribution in [-0.2, 0) is 27.2 Å². The topological polar surface area (TPSA) is 121 Å². The lowest BCUT2D eigenvalue weighted by Gasteiger charge is -2.39. The molecule has 1 amide bonds. The summed E-state index contributed by atoms with van der Waals surface area (Å²) in [5, 5.41) is 8.67. The largest absolute Gasteiger partial charge is 0.463 e. The van der Waals surface area contributed by atoms with Gasteiger partial charge in [-0.15, -0.1) is 0 Å². The van der Waals surface area contributed by atoms with E-state index < -0.39 is 13.7 Å². The van der Waals surface area contributed by atoms with E-state index >= 15 is 0 Å². The number of benzene rings is 1. The van der Waals surface area contributed by atoms with Crippen molar-refractivity contribution in [2.45, 2.75) is 84.5 Å². The molecule has 3 aliphatic heterocycles. The van der Waals surface area contributed by atoms with E-state index in [-0.39, 0.29) is 12.2 Å². The number of ether oxygens (including phenoxy) is 4. The molecule has 6 rings (SSSR count). The molecule has 280 valence electrons. The summed E-state index contributed by atoms with van der Waals surface area (Å²) in [6.07, 6.45) is 3.27. The fraction of sp³-hybridized carbons (Fsp3) is 0.676. The summed E-state index contributed by atoms with van der Waals surface area (Å²) in [6.45, 7) is 24.6. The molecule has 1 aromatic carbocycles. The summed E-state index contributed by atoms with van der Waals surface area (Å²) < 4.78 is 23.9. The number of aromatic amines is 1. The van der Waals surface area contributed by atoms with E-state index in [1.54, 1.807) is 4.90 Å². The Labute approximate surface area is 304 Å². The van der Waals surface area contributed by atoms with Gasteiger partial charge in [-0.05, 0) is 52.6 Å². The van der Waals surface area contributed by atoms with Crippen molar-refractivity contribution in [3.63, 3.8) is 0 Å². The fourth-order valence-corrected chi connectivity index (χ4v) is 7.67. The average Bonchev–Trinajstić information content (AvgIpc) is 3.57. The first-order valence-corrected chi connectivity index (χ1v) is 22.4. The molecule has 2 aromatic heterocycles. The second kappa shape index (κ2) is 16.1. The fourth-order valence-electron chi connectivity index (χ4n) is 6.94. The molecular formula is C37H58N8O5Si. The third-order valence-electron chi connectivity index (χ3n) is 9.81. The molecular weight excluding hydrogens is 665 g/mol. The zero-order chi connectivity index (χ0) is 36.2. The van der Waals surface area contributed by atoms with Crippen molar-refractivity contribution in [1.82, 2.24) is 30.0 Å². The van der Waals surface area contributed by atoms with Gasteiger partial charge in [-0.1, -0.05) is 25.7 Å². The predicted molar refractivity (Wildman–Crippen MR) is 203 cm³/mol. The minimum absolute atomic E-state index is 0.0652. The number of amides is 1. The van der Waals surface area contributed by atoms with Gasteiger partial charge in [0.15, 0.2) is 0 Å². The van der Waals surface area contributed by atoms with Crippen LogP contribution in [0.3, 0.4) is 0 Å². The zero-order valence-corrected chi connectivity index (χ0v) is 32.8. The Morgan fingerprint density at radius 1 is 1.00 bits per heavy atom. The molecule has 3 aromatic rings.